The van der Waals surface area contributed by atoms with Crippen LogP contribution in [0.4, 0.5) is 37.8 Å². The van der Waals surface area contributed by atoms with E-state index in [2.05, 4.69) is 20.3 Å². The molecule has 2 aromatic heterocycles. The number of pyridine rings is 1. The summed E-state index contributed by atoms with van der Waals surface area (Å²) in [6.07, 6.45) is -5.42. The van der Waals surface area contributed by atoms with Gasteiger partial charge in [-0.3, -0.25) is 0 Å². The zero-order chi connectivity index (χ0) is 31.0. The number of nitrogen functional groups attached to an aromatic ring is 1. The van der Waals surface area contributed by atoms with Crippen molar-refractivity contribution in [3.63, 3.8) is 0 Å². The Morgan fingerprint density at radius 1 is 1.16 bits per heavy atom. The summed E-state index contributed by atoms with van der Waals surface area (Å²) in [5.41, 5.74) is 0.854. The average molecular weight is 645 g/mol. The van der Waals surface area contributed by atoms with Gasteiger partial charge in [-0.15, -0.1) is 0 Å². The van der Waals surface area contributed by atoms with Crippen molar-refractivity contribution in [3.8, 4) is 23.1 Å². The minimum Gasteiger partial charge on any atom is -0.477 e. The first-order valence-corrected chi connectivity index (χ1v) is 14.5. The summed E-state index contributed by atoms with van der Waals surface area (Å²) in [6.45, 7) is -0.0105. The highest BCUT2D eigenvalue weighted by Gasteiger charge is 2.46. The van der Waals surface area contributed by atoms with Gasteiger partial charge in [-0.05, 0) is 31.4 Å². The number of nitrogens with two attached hydrogens (primary N) is 1. The van der Waals surface area contributed by atoms with Crippen LogP contribution >= 0.6 is 11.6 Å². The number of anilines is 2. The van der Waals surface area contributed by atoms with Crippen molar-refractivity contribution in [1.82, 2.24) is 20.3 Å². The molecule has 236 valence electrons. The van der Waals surface area contributed by atoms with Crippen molar-refractivity contribution in [3.05, 3.63) is 28.5 Å². The van der Waals surface area contributed by atoms with Crippen LogP contribution in [0.1, 0.15) is 31.2 Å². The Bertz CT molecular complexity index is 1620. The lowest BCUT2D eigenvalue weighted by atomic mass is 9.89. The van der Waals surface area contributed by atoms with E-state index >= 15 is 4.39 Å². The molecule has 7 rings (SSSR count). The fourth-order valence-corrected chi connectivity index (χ4v) is 7.04. The molecule has 0 amide bonds. The van der Waals surface area contributed by atoms with E-state index in [1.54, 1.807) is 0 Å². The molecule has 0 spiro atoms. The zero-order valence-corrected chi connectivity index (χ0v) is 23.8. The molecule has 2 bridgehead atoms. The Hall–Kier alpha value is -3.30. The number of halogens is 7. The van der Waals surface area contributed by atoms with Crippen LogP contribution in [0.3, 0.4) is 0 Å². The number of hydrogen-bond acceptors (Lipinski definition) is 9. The molecule has 3 aromatic rings. The smallest absolute Gasteiger partial charge is 0.418 e. The average Bonchev–Trinajstić information content (AvgIpc) is 3.60. The second-order valence-corrected chi connectivity index (χ2v) is 12.1. The molecule has 1 aromatic carbocycles. The number of alkyl halides is 5. The predicted octanol–water partition coefficient (Wildman–Crippen LogP) is 5.23. The summed E-state index contributed by atoms with van der Waals surface area (Å²) in [6, 6.07) is 1.53. The third kappa shape index (κ3) is 4.83. The van der Waals surface area contributed by atoms with Gasteiger partial charge in [0, 0.05) is 48.9 Å². The molecular formula is C28H27ClF6N6O3. The van der Waals surface area contributed by atoms with Crippen molar-refractivity contribution < 1.29 is 40.6 Å². The molecule has 1 unspecified atom stereocenters. The number of hydrogen-bond donors (Lipinski definition) is 2. The quantitative estimate of drug-likeness (QED) is 0.285. The molecule has 44 heavy (non-hydrogen) atoms. The van der Waals surface area contributed by atoms with E-state index in [9.17, 15) is 22.0 Å². The highest BCUT2D eigenvalue weighted by atomic mass is 35.5. The van der Waals surface area contributed by atoms with Gasteiger partial charge in [-0.1, -0.05) is 11.6 Å². The van der Waals surface area contributed by atoms with Gasteiger partial charge in [0.05, 0.1) is 29.2 Å². The second kappa shape index (κ2) is 10.7. The van der Waals surface area contributed by atoms with Crippen LogP contribution in [-0.2, 0) is 10.9 Å². The van der Waals surface area contributed by atoms with Crippen molar-refractivity contribution in [2.75, 3.05) is 43.6 Å². The molecule has 6 heterocycles. The third-order valence-electron chi connectivity index (χ3n) is 8.93. The van der Waals surface area contributed by atoms with Crippen molar-refractivity contribution in [2.45, 2.75) is 56.4 Å². The van der Waals surface area contributed by atoms with Gasteiger partial charge < -0.3 is 30.2 Å². The van der Waals surface area contributed by atoms with Gasteiger partial charge in [0.2, 0.25) is 12.3 Å². The molecule has 3 fully saturated rings. The fourth-order valence-electron chi connectivity index (χ4n) is 6.71. The van der Waals surface area contributed by atoms with E-state index in [1.807, 2.05) is 4.90 Å². The molecular weight excluding hydrogens is 618 g/mol. The first kappa shape index (κ1) is 29.4. The summed E-state index contributed by atoms with van der Waals surface area (Å²) in [7, 11) is 0. The number of aromatic nitrogens is 3. The van der Waals surface area contributed by atoms with Crippen LogP contribution in [0, 0.1) is 11.2 Å². The van der Waals surface area contributed by atoms with Gasteiger partial charge in [0.15, 0.2) is 5.82 Å². The first-order chi connectivity index (χ1) is 20.9. The first-order valence-electron chi connectivity index (χ1n) is 14.2. The number of rotatable bonds is 5. The van der Waals surface area contributed by atoms with E-state index in [-0.39, 0.29) is 67.1 Å². The largest absolute Gasteiger partial charge is 0.477 e. The van der Waals surface area contributed by atoms with Crippen LogP contribution in [0.15, 0.2) is 12.1 Å². The Labute approximate surface area is 252 Å². The van der Waals surface area contributed by atoms with Crippen LogP contribution in [0.2, 0.25) is 5.02 Å². The SMILES string of the molecule is Nc1cc(Cl)c(C(F)(F)F)c(-c2nc3c4c(nc(OCC5(C(F)F)CCOC5)nc4c2F)N2C[C@H]4CC[C@H](N4)[C@H]2CCO3)c1. The topological polar surface area (TPSA) is 108 Å². The molecule has 9 nitrogen and oxygen atoms in total. The highest BCUT2D eigenvalue weighted by molar-refractivity contribution is 6.32. The monoisotopic (exact) mass is 644 g/mol. The van der Waals surface area contributed by atoms with Crippen molar-refractivity contribution >= 4 is 34.0 Å². The molecule has 3 saturated heterocycles. The number of benzene rings is 1. The Balaban J connectivity index is 1.44. The molecule has 4 aliphatic rings. The molecule has 0 radical (unpaired) electrons. The number of piperazine rings is 1. The molecule has 4 aliphatic heterocycles. The minimum absolute atomic E-state index is 0.0329. The van der Waals surface area contributed by atoms with Crippen LogP contribution in [0.5, 0.6) is 11.9 Å². The number of ether oxygens (including phenoxy) is 3. The summed E-state index contributed by atoms with van der Waals surface area (Å²) in [5, 5.41) is 2.88. The number of fused-ring (bicyclic) bond motifs is 5. The van der Waals surface area contributed by atoms with Crippen molar-refractivity contribution in [2.24, 2.45) is 5.41 Å². The van der Waals surface area contributed by atoms with E-state index < -0.39 is 63.8 Å². The van der Waals surface area contributed by atoms with Gasteiger partial charge in [-0.2, -0.15) is 23.1 Å². The van der Waals surface area contributed by atoms with Crippen LogP contribution in [0.25, 0.3) is 22.2 Å². The highest BCUT2D eigenvalue weighted by Crippen LogP contribution is 2.47. The van der Waals surface area contributed by atoms with E-state index in [0.29, 0.717) is 13.0 Å². The fraction of sp³-hybridized carbons (Fsp3) is 0.536. The van der Waals surface area contributed by atoms with Gasteiger partial charge in [0.25, 0.3) is 0 Å². The minimum atomic E-state index is -4.99. The Morgan fingerprint density at radius 2 is 1.98 bits per heavy atom. The summed E-state index contributed by atoms with van der Waals surface area (Å²) in [4.78, 5) is 15.0. The van der Waals surface area contributed by atoms with E-state index in [0.717, 1.165) is 25.0 Å². The predicted molar refractivity (Wildman–Crippen MR) is 148 cm³/mol. The lowest BCUT2D eigenvalue weighted by Gasteiger charge is -2.43. The van der Waals surface area contributed by atoms with E-state index in [1.165, 1.54) is 0 Å². The number of nitrogens with zero attached hydrogens (tertiary/aromatic N) is 4. The van der Waals surface area contributed by atoms with Gasteiger partial charge in [0.1, 0.15) is 29.0 Å². The van der Waals surface area contributed by atoms with Crippen LogP contribution in [-0.4, -0.2) is 72.5 Å². The van der Waals surface area contributed by atoms with Gasteiger partial charge in [-0.25, -0.2) is 18.2 Å². The lowest BCUT2D eigenvalue weighted by molar-refractivity contribution is -0.137. The Kier molecular flexibility index (Phi) is 7.12. The summed E-state index contributed by atoms with van der Waals surface area (Å²) < 4.78 is 104. The second-order valence-electron chi connectivity index (χ2n) is 11.7. The van der Waals surface area contributed by atoms with E-state index in [4.69, 9.17) is 31.5 Å². The maximum absolute atomic E-state index is 16.6. The lowest BCUT2D eigenvalue weighted by Crippen LogP contribution is -2.59. The summed E-state index contributed by atoms with van der Waals surface area (Å²) in [5.74, 6) is -1.20. The van der Waals surface area contributed by atoms with Gasteiger partial charge >= 0.3 is 12.2 Å². The normalized spacial score (nSPS) is 26.5. The van der Waals surface area contributed by atoms with Crippen LogP contribution < -0.4 is 25.4 Å². The maximum Gasteiger partial charge on any atom is 0.418 e. The zero-order valence-electron chi connectivity index (χ0n) is 23.1. The standard InChI is InChI=1S/C28H27ClF6N6O3/c29-15-8-12(36)7-14(19(15)28(33,34)35)21-20(30)22-18-23(40-26(39-22)44-11-27(25(31)32)4-6-42-10-27)41-9-13-1-2-16(37-13)17(41)3-5-43-24(18)38-21/h7-8,13,16-17,25,37H,1-6,9-11,36H2/t13-,16+,17-,27?/m1/s1. The Morgan fingerprint density at radius 3 is 2.70 bits per heavy atom. The molecule has 16 heteroatoms. The molecule has 0 aliphatic carbocycles. The molecule has 3 N–H and O–H groups in total. The molecule has 0 saturated carbocycles. The summed E-state index contributed by atoms with van der Waals surface area (Å²) >= 11 is 5.96. The maximum atomic E-state index is 16.6. The molecule has 4 atom stereocenters. The number of nitrogens with one attached hydrogen (secondary N) is 1. The third-order valence-corrected chi connectivity index (χ3v) is 9.23. The van der Waals surface area contributed by atoms with Crippen molar-refractivity contribution in [1.29, 1.82) is 0 Å².